The van der Waals surface area contributed by atoms with Gasteiger partial charge in [-0.15, -0.1) is 0 Å². The minimum Gasteiger partial charge on any atom is -0.478 e. The monoisotopic (exact) mass is 350 g/mol. The Morgan fingerprint density at radius 2 is 2.10 bits per heavy atom. The second-order valence-electron chi connectivity index (χ2n) is 4.25. The highest BCUT2D eigenvalue weighted by Gasteiger charge is 2.15. The van der Waals surface area contributed by atoms with Crippen LogP contribution in [0.4, 0.5) is 0 Å². The molecular weight excluding hydrogens is 344 g/mol. The number of carbonyl (C=O) groups is 1. The van der Waals surface area contributed by atoms with E-state index in [4.69, 9.17) is 11.6 Å². The predicted octanol–water partition coefficient (Wildman–Crippen LogP) is 4.34. The highest BCUT2D eigenvalue weighted by molar-refractivity contribution is 9.10. The van der Waals surface area contributed by atoms with E-state index >= 15 is 0 Å². The highest BCUT2D eigenvalue weighted by atomic mass is 79.9. The van der Waals surface area contributed by atoms with Gasteiger partial charge in [0, 0.05) is 15.1 Å². The Bertz CT molecular complexity index is 829. The van der Waals surface area contributed by atoms with Crippen molar-refractivity contribution in [1.82, 2.24) is 9.97 Å². The first-order chi connectivity index (χ1) is 9.54. The number of fused-ring (bicyclic) bond motifs is 1. The molecule has 3 rings (SSSR count). The quantitative estimate of drug-likeness (QED) is 0.721. The maximum Gasteiger partial charge on any atom is 0.338 e. The number of hydrogen-bond donors (Lipinski definition) is 2. The van der Waals surface area contributed by atoms with E-state index in [2.05, 4.69) is 25.9 Å². The highest BCUT2D eigenvalue weighted by Crippen LogP contribution is 2.27. The fourth-order valence-electron chi connectivity index (χ4n) is 2.02. The van der Waals surface area contributed by atoms with Gasteiger partial charge >= 0.3 is 5.97 Å². The van der Waals surface area contributed by atoms with E-state index < -0.39 is 5.97 Å². The number of rotatable bonds is 2. The molecule has 0 saturated heterocycles. The van der Waals surface area contributed by atoms with Gasteiger partial charge in [0.15, 0.2) is 0 Å². The van der Waals surface area contributed by atoms with Gasteiger partial charge in [0.25, 0.3) is 0 Å². The molecule has 0 aliphatic carbocycles. The topological polar surface area (TPSA) is 66.0 Å². The van der Waals surface area contributed by atoms with Crippen molar-refractivity contribution in [1.29, 1.82) is 0 Å². The first-order valence-electron chi connectivity index (χ1n) is 5.73. The lowest BCUT2D eigenvalue weighted by molar-refractivity contribution is 0.0699. The van der Waals surface area contributed by atoms with Gasteiger partial charge in [-0.1, -0.05) is 39.7 Å². The van der Waals surface area contributed by atoms with Crippen molar-refractivity contribution in [3.8, 4) is 11.4 Å². The molecule has 0 amide bonds. The van der Waals surface area contributed by atoms with Crippen molar-refractivity contribution in [2.75, 3.05) is 0 Å². The van der Waals surface area contributed by atoms with Crippen LogP contribution in [0, 0.1) is 0 Å². The number of imidazole rings is 1. The molecule has 4 nitrogen and oxygen atoms in total. The Labute approximate surface area is 127 Å². The van der Waals surface area contributed by atoms with E-state index in [-0.39, 0.29) is 5.56 Å². The van der Waals surface area contributed by atoms with Crippen LogP contribution in [0.2, 0.25) is 5.02 Å². The summed E-state index contributed by atoms with van der Waals surface area (Å²) in [6, 6.07) is 10.6. The van der Waals surface area contributed by atoms with Crippen molar-refractivity contribution in [2.45, 2.75) is 0 Å². The summed E-state index contributed by atoms with van der Waals surface area (Å²) in [5.41, 5.74) is 2.04. The van der Waals surface area contributed by atoms with Gasteiger partial charge in [0.05, 0.1) is 11.1 Å². The summed E-state index contributed by atoms with van der Waals surface area (Å²) < 4.78 is 0.684. The van der Waals surface area contributed by atoms with Crippen molar-refractivity contribution >= 4 is 44.5 Å². The molecule has 0 spiro atoms. The molecule has 0 fully saturated rings. The molecule has 1 aromatic heterocycles. The normalized spacial score (nSPS) is 10.9. The number of benzene rings is 2. The second-order valence-corrected chi connectivity index (χ2v) is 5.60. The molecule has 0 unspecified atom stereocenters. The summed E-state index contributed by atoms with van der Waals surface area (Å²) in [5, 5.41) is 9.84. The maximum absolute atomic E-state index is 11.3. The molecular formula is C14H8BrClN2O2. The molecule has 2 N–H and O–H groups in total. The predicted molar refractivity (Wildman–Crippen MR) is 81.2 cm³/mol. The van der Waals surface area contributed by atoms with Crippen molar-refractivity contribution in [3.63, 3.8) is 0 Å². The van der Waals surface area contributed by atoms with Crippen LogP contribution >= 0.6 is 27.5 Å². The van der Waals surface area contributed by atoms with Crippen molar-refractivity contribution < 1.29 is 9.90 Å². The third-order valence-corrected chi connectivity index (χ3v) is 3.57. The number of nitrogens with zero attached hydrogens (tertiary/aromatic N) is 1. The first-order valence-corrected chi connectivity index (χ1v) is 6.90. The van der Waals surface area contributed by atoms with Crippen LogP contribution in [0.3, 0.4) is 0 Å². The SMILES string of the molecule is O=C(O)c1cc(Br)cc2[nH]c(-c3cccc(Cl)c3)nc12. The van der Waals surface area contributed by atoms with Gasteiger partial charge in [0.2, 0.25) is 0 Å². The van der Waals surface area contributed by atoms with Crippen LogP contribution < -0.4 is 0 Å². The number of carboxylic acids is 1. The number of hydrogen-bond acceptors (Lipinski definition) is 2. The standard InChI is InChI=1S/C14H8BrClN2O2/c15-8-5-10(14(19)20)12-11(6-8)17-13(18-12)7-2-1-3-9(16)4-7/h1-6H,(H,17,18)(H,19,20). The van der Waals surface area contributed by atoms with Gasteiger partial charge in [-0.25, -0.2) is 9.78 Å². The lowest BCUT2D eigenvalue weighted by Gasteiger charge is -1.96. The lowest BCUT2D eigenvalue weighted by Crippen LogP contribution is -1.97. The summed E-state index contributed by atoms with van der Waals surface area (Å²) in [5.74, 6) is -0.427. The van der Waals surface area contributed by atoms with Crippen LogP contribution in [-0.2, 0) is 0 Å². The van der Waals surface area contributed by atoms with Crippen LogP contribution in [0.25, 0.3) is 22.4 Å². The van der Waals surface area contributed by atoms with Gasteiger partial charge in [0.1, 0.15) is 11.3 Å². The van der Waals surface area contributed by atoms with Gasteiger partial charge in [-0.05, 0) is 24.3 Å². The van der Waals surface area contributed by atoms with Crippen molar-refractivity contribution in [3.05, 3.63) is 51.5 Å². The Morgan fingerprint density at radius 3 is 2.80 bits per heavy atom. The Morgan fingerprint density at radius 1 is 1.30 bits per heavy atom. The zero-order valence-corrected chi connectivity index (χ0v) is 12.4. The molecule has 2 aromatic carbocycles. The third-order valence-electron chi connectivity index (χ3n) is 2.88. The Balaban J connectivity index is 2.25. The molecule has 100 valence electrons. The third kappa shape index (κ3) is 2.30. The van der Waals surface area contributed by atoms with Gasteiger partial charge < -0.3 is 10.1 Å². The summed E-state index contributed by atoms with van der Waals surface area (Å²) in [7, 11) is 0. The molecule has 3 aromatic rings. The Kier molecular flexibility index (Phi) is 3.23. The summed E-state index contributed by atoms with van der Waals surface area (Å²) in [6.45, 7) is 0. The smallest absolute Gasteiger partial charge is 0.338 e. The number of aromatic carboxylic acids is 1. The van der Waals surface area contributed by atoms with Crippen LogP contribution in [-0.4, -0.2) is 21.0 Å². The summed E-state index contributed by atoms with van der Waals surface area (Å²) >= 11 is 9.25. The maximum atomic E-state index is 11.3. The molecule has 6 heteroatoms. The lowest BCUT2D eigenvalue weighted by atomic mass is 10.2. The zero-order chi connectivity index (χ0) is 14.3. The van der Waals surface area contributed by atoms with E-state index in [9.17, 15) is 9.90 Å². The van der Waals surface area contributed by atoms with Gasteiger partial charge in [-0.2, -0.15) is 0 Å². The number of H-pyrrole nitrogens is 1. The van der Waals surface area contributed by atoms with Crippen molar-refractivity contribution in [2.24, 2.45) is 0 Å². The first kappa shape index (κ1) is 13.1. The number of aromatic amines is 1. The number of halogens is 2. The summed E-state index contributed by atoms with van der Waals surface area (Å²) in [6.07, 6.45) is 0. The molecule has 0 radical (unpaired) electrons. The Hall–Kier alpha value is -1.85. The molecule has 1 heterocycles. The number of carboxylic acid groups (broad SMARTS) is 1. The van der Waals surface area contributed by atoms with E-state index in [1.807, 2.05) is 12.1 Å². The van der Waals surface area contributed by atoms with E-state index in [0.717, 1.165) is 5.56 Å². The molecule has 0 aliphatic rings. The molecule has 0 aliphatic heterocycles. The van der Waals surface area contributed by atoms with Crippen LogP contribution in [0.1, 0.15) is 10.4 Å². The minimum atomic E-state index is -1.01. The molecule has 20 heavy (non-hydrogen) atoms. The fourth-order valence-corrected chi connectivity index (χ4v) is 2.67. The largest absolute Gasteiger partial charge is 0.478 e. The minimum absolute atomic E-state index is 0.152. The van der Waals surface area contributed by atoms with Gasteiger partial charge in [-0.3, -0.25) is 0 Å². The fraction of sp³-hybridized carbons (Fsp3) is 0. The van der Waals surface area contributed by atoms with E-state index in [0.29, 0.717) is 26.4 Å². The van der Waals surface area contributed by atoms with E-state index in [1.54, 1.807) is 18.2 Å². The molecule has 0 atom stereocenters. The van der Waals surface area contributed by atoms with Crippen LogP contribution in [0.5, 0.6) is 0 Å². The number of aromatic nitrogens is 2. The van der Waals surface area contributed by atoms with E-state index in [1.165, 1.54) is 6.07 Å². The van der Waals surface area contributed by atoms with Crippen LogP contribution in [0.15, 0.2) is 40.9 Å². The molecule has 0 bridgehead atoms. The molecule has 0 saturated carbocycles. The average molecular weight is 352 g/mol. The summed E-state index contributed by atoms with van der Waals surface area (Å²) in [4.78, 5) is 18.8. The number of nitrogens with one attached hydrogen (secondary N) is 1. The zero-order valence-electron chi connectivity index (χ0n) is 10.0. The average Bonchev–Trinajstić information content (AvgIpc) is 2.81. The second kappa shape index (κ2) is 4.92.